The summed E-state index contributed by atoms with van der Waals surface area (Å²) >= 11 is 0. The third kappa shape index (κ3) is 3.89. The number of aryl methyl sites for hydroxylation is 1. The molecule has 4 nitrogen and oxygen atoms in total. The summed E-state index contributed by atoms with van der Waals surface area (Å²) in [4.78, 5) is 16.7. The number of halogens is 1. The predicted octanol–water partition coefficient (Wildman–Crippen LogP) is 3.26. The molecular formula is C18H23ClN2O2. The van der Waals surface area contributed by atoms with Gasteiger partial charge in [-0.1, -0.05) is 18.2 Å². The number of esters is 1. The maximum absolute atomic E-state index is 12.4. The second-order valence-electron chi connectivity index (χ2n) is 5.50. The van der Waals surface area contributed by atoms with Gasteiger partial charge in [-0.05, 0) is 50.1 Å². The number of carbonyl (C=O) groups is 1. The molecule has 5 heteroatoms. The second-order valence-corrected chi connectivity index (χ2v) is 5.50. The summed E-state index contributed by atoms with van der Waals surface area (Å²) in [5.41, 5.74) is 8.79. The van der Waals surface area contributed by atoms with Crippen LogP contribution in [0.1, 0.15) is 25.0 Å². The number of ether oxygens (including phenoxy) is 1. The van der Waals surface area contributed by atoms with Gasteiger partial charge in [-0.25, -0.2) is 0 Å². The zero-order valence-corrected chi connectivity index (χ0v) is 14.5. The van der Waals surface area contributed by atoms with Gasteiger partial charge in [0.25, 0.3) is 0 Å². The van der Waals surface area contributed by atoms with Crippen LogP contribution in [0, 0.1) is 6.92 Å². The Morgan fingerprint density at radius 1 is 1.30 bits per heavy atom. The molecule has 0 bridgehead atoms. The number of pyridine rings is 1. The lowest BCUT2D eigenvalue weighted by Crippen LogP contribution is -2.42. The summed E-state index contributed by atoms with van der Waals surface area (Å²) in [6, 6.07) is 11.7. The van der Waals surface area contributed by atoms with E-state index in [4.69, 9.17) is 10.5 Å². The Balaban J connectivity index is 0.00000264. The molecule has 0 aliphatic heterocycles. The van der Waals surface area contributed by atoms with Crippen molar-refractivity contribution in [3.8, 4) is 11.3 Å². The molecule has 1 aromatic heterocycles. The maximum atomic E-state index is 12.4. The van der Waals surface area contributed by atoms with E-state index in [1.807, 2.05) is 50.2 Å². The number of hydrogen-bond donors (Lipinski definition) is 1. The first-order valence-electron chi connectivity index (χ1n) is 7.42. The zero-order chi connectivity index (χ0) is 16.2. The summed E-state index contributed by atoms with van der Waals surface area (Å²) in [5.74, 6) is -0.293. The van der Waals surface area contributed by atoms with Crippen LogP contribution in [0.4, 0.5) is 0 Å². The number of carbonyl (C=O) groups excluding carboxylic acids is 1. The van der Waals surface area contributed by atoms with Gasteiger partial charge in [0.15, 0.2) is 0 Å². The highest BCUT2D eigenvalue weighted by molar-refractivity contribution is 5.85. The lowest BCUT2D eigenvalue weighted by atomic mass is 9.79. The van der Waals surface area contributed by atoms with E-state index in [-0.39, 0.29) is 24.9 Å². The third-order valence-corrected chi connectivity index (χ3v) is 3.93. The van der Waals surface area contributed by atoms with Crippen molar-refractivity contribution in [3.05, 3.63) is 53.7 Å². The molecular weight excluding hydrogens is 312 g/mol. The number of nitrogens with two attached hydrogens (primary N) is 1. The minimum absolute atomic E-state index is 0. The van der Waals surface area contributed by atoms with Gasteiger partial charge in [-0.2, -0.15) is 0 Å². The lowest BCUT2D eigenvalue weighted by Gasteiger charge is -2.28. The minimum atomic E-state index is -0.856. The van der Waals surface area contributed by atoms with Crippen molar-refractivity contribution >= 4 is 18.4 Å². The fourth-order valence-corrected chi connectivity index (χ4v) is 2.50. The fraction of sp³-hybridized carbons (Fsp3) is 0.333. The van der Waals surface area contributed by atoms with Crippen molar-refractivity contribution in [1.82, 2.24) is 4.98 Å². The highest BCUT2D eigenvalue weighted by Gasteiger charge is 2.36. The van der Waals surface area contributed by atoms with Crippen molar-refractivity contribution in [2.45, 2.75) is 26.2 Å². The Labute approximate surface area is 143 Å². The summed E-state index contributed by atoms with van der Waals surface area (Å²) in [5, 5.41) is 0. The smallest absolute Gasteiger partial charge is 0.317 e. The fourth-order valence-electron chi connectivity index (χ4n) is 2.50. The van der Waals surface area contributed by atoms with Gasteiger partial charge in [-0.15, -0.1) is 12.4 Å². The van der Waals surface area contributed by atoms with Gasteiger partial charge >= 0.3 is 5.97 Å². The second kappa shape index (κ2) is 8.09. The third-order valence-electron chi connectivity index (χ3n) is 3.93. The molecule has 1 aromatic carbocycles. The Hall–Kier alpha value is -1.91. The summed E-state index contributed by atoms with van der Waals surface area (Å²) in [7, 11) is 0. The van der Waals surface area contributed by atoms with Crippen LogP contribution in [0.2, 0.25) is 0 Å². The molecule has 0 saturated carbocycles. The molecule has 0 radical (unpaired) electrons. The van der Waals surface area contributed by atoms with E-state index in [1.54, 1.807) is 13.1 Å². The predicted molar refractivity (Wildman–Crippen MR) is 94.7 cm³/mol. The van der Waals surface area contributed by atoms with Crippen molar-refractivity contribution < 1.29 is 9.53 Å². The van der Waals surface area contributed by atoms with Crippen molar-refractivity contribution in [2.75, 3.05) is 13.2 Å². The van der Waals surface area contributed by atoms with E-state index >= 15 is 0 Å². The summed E-state index contributed by atoms with van der Waals surface area (Å²) in [6.45, 7) is 6.14. The van der Waals surface area contributed by atoms with Crippen LogP contribution < -0.4 is 5.73 Å². The molecule has 1 heterocycles. The number of aromatic nitrogens is 1. The molecule has 0 spiro atoms. The van der Waals surface area contributed by atoms with Crippen LogP contribution >= 0.6 is 12.4 Å². The Kier molecular flexibility index (Phi) is 6.73. The van der Waals surface area contributed by atoms with E-state index in [0.29, 0.717) is 6.61 Å². The maximum Gasteiger partial charge on any atom is 0.317 e. The molecule has 0 aliphatic rings. The van der Waals surface area contributed by atoms with Crippen LogP contribution in [0.25, 0.3) is 11.3 Å². The van der Waals surface area contributed by atoms with E-state index in [0.717, 1.165) is 22.4 Å². The van der Waals surface area contributed by atoms with Crippen LogP contribution in [0.5, 0.6) is 0 Å². The molecule has 0 amide bonds. The van der Waals surface area contributed by atoms with Crippen LogP contribution in [-0.4, -0.2) is 24.1 Å². The highest BCUT2D eigenvalue weighted by atomic mass is 35.5. The molecule has 2 N–H and O–H groups in total. The number of nitrogens with zero attached hydrogens (tertiary/aromatic N) is 1. The Morgan fingerprint density at radius 2 is 2.04 bits per heavy atom. The van der Waals surface area contributed by atoms with Gasteiger partial charge in [0.1, 0.15) is 5.41 Å². The number of benzene rings is 1. The topological polar surface area (TPSA) is 65.2 Å². The van der Waals surface area contributed by atoms with E-state index in [2.05, 4.69) is 4.98 Å². The normalized spacial score (nSPS) is 12.9. The van der Waals surface area contributed by atoms with Crippen molar-refractivity contribution in [3.63, 3.8) is 0 Å². The van der Waals surface area contributed by atoms with Gasteiger partial charge in [-0.3, -0.25) is 9.78 Å². The highest BCUT2D eigenvalue weighted by Crippen LogP contribution is 2.31. The van der Waals surface area contributed by atoms with E-state index in [1.165, 1.54) is 0 Å². The summed E-state index contributed by atoms with van der Waals surface area (Å²) in [6.07, 6.45) is 1.75. The van der Waals surface area contributed by atoms with Crippen LogP contribution in [-0.2, 0) is 14.9 Å². The molecule has 2 aromatic rings. The van der Waals surface area contributed by atoms with Crippen LogP contribution in [0.3, 0.4) is 0 Å². The lowest BCUT2D eigenvalue weighted by molar-refractivity contribution is -0.149. The van der Waals surface area contributed by atoms with Crippen LogP contribution in [0.15, 0.2) is 42.6 Å². The first-order valence-corrected chi connectivity index (χ1v) is 7.42. The first-order chi connectivity index (χ1) is 10.5. The van der Waals surface area contributed by atoms with Gasteiger partial charge in [0, 0.05) is 18.3 Å². The molecule has 1 atom stereocenters. The average molecular weight is 335 g/mol. The molecule has 23 heavy (non-hydrogen) atoms. The largest absolute Gasteiger partial charge is 0.465 e. The standard InChI is InChI=1S/C18H22N2O2.ClH/c1-4-22-17(21)18(3,12-19)15-11-14(9-8-13(15)2)16-7-5-6-10-20-16;/h5-11H,4,12,19H2,1-3H3;1H. The quantitative estimate of drug-likeness (QED) is 0.852. The van der Waals surface area contributed by atoms with Crippen molar-refractivity contribution in [1.29, 1.82) is 0 Å². The van der Waals surface area contributed by atoms with Crippen molar-refractivity contribution in [2.24, 2.45) is 5.73 Å². The molecule has 0 saturated heterocycles. The molecule has 0 fully saturated rings. The monoisotopic (exact) mass is 334 g/mol. The molecule has 124 valence electrons. The SMILES string of the molecule is CCOC(=O)C(C)(CN)c1cc(-c2ccccn2)ccc1C.Cl. The Morgan fingerprint density at radius 3 is 2.61 bits per heavy atom. The summed E-state index contributed by atoms with van der Waals surface area (Å²) < 4.78 is 5.22. The number of hydrogen-bond acceptors (Lipinski definition) is 4. The number of rotatable bonds is 5. The van der Waals surface area contributed by atoms with Gasteiger partial charge < -0.3 is 10.5 Å². The zero-order valence-electron chi connectivity index (χ0n) is 13.7. The first kappa shape index (κ1) is 19.1. The minimum Gasteiger partial charge on any atom is -0.465 e. The van der Waals surface area contributed by atoms with E-state index in [9.17, 15) is 4.79 Å². The van der Waals surface area contributed by atoms with Gasteiger partial charge in [0.05, 0.1) is 12.3 Å². The van der Waals surface area contributed by atoms with E-state index < -0.39 is 5.41 Å². The average Bonchev–Trinajstić information content (AvgIpc) is 2.55. The Bertz CT molecular complexity index is 661. The van der Waals surface area contributed by atoms with Gasteiger partial charge in [0.2, 0.25) is 0 Å². The molecule has 0 aliphatic carbocycles. The molecule has 2 rings (SSSR count). The molecule has 1 unspecified atom stereocenters.